The molecule has 4 nitrogen and oxygen atoms in total. The molecule has 1 aliphatic carbocycles. The molecule has 2 unspecified atom stereocenters. The molecule has 19 heavy (non-hydrogen) atoms. The molecule has 104 valence electrons. The van der Waals surface area contributed by atoms with Gasteiger partial charge in [0.2, 0.25) is 0 Å². The maximum atomic E-state index is 10.7. The predicted octanol–water partition coefficient (Wildman–Crippen LogP) is 4.89. The molecule has 0 amide bonds. The molecule has 0 aliphatic heterocycles. The van der Waals surface area contributed by atoms with Crippen molar-refractivity contribution in [3.05, 3.63) is 32.3 Å². The quantitative estimate of drug-likeness (QED) is 0.638. The number of halogens is 2. The first kappa shape index (κ1) is 14.4. The van der Waals surface area contributed by atoms with E-state index in [-0.39, 0.29) is 5.69 Å². The van der Waals surface area contributed by atoms with Gasteiger partial charge >= 0.3 is 0 Å². The fourth-order valence-corrected chi connectivity index (χ4v) is 3.16. The van der Waals surface area contributed by atoms with Gasteiger partial charge in [0, 0.05) is 18.2 Å². The number of hydrogen-bond acceptors (Lipinski definition) is 3. The van der Waals surface area contributed by atoms with Crippen molar-refractivity contribution in [2.45, 2.75) is 38.6 Å². The number of nitro benzene ring substituents is 1. The van der Waals surface area contributed by atoms with E-state index < -0.39 is 4.92 Å². The fourth-order valence-electron chi connectivity index (χ4n) is 2.57. The van der Waals surface area contributed by atoms with Crippen LogP contribution in [0.25, 0.3) is 0 Å². The minimum atomic E-state index is -0.496. The number of rotatable bonds is 3. The van der Waals surface area contributed by atoms with E-state index in [4.69, 9.17) is 23.2 Å². The second-order valence-electron chi connectivity index (χ2n) is 5.15. The maximum Gasteiger partial charge on any atom is 0.272 e. The zero-order valence-electron chi connectivity index (χ0n) is 10.7. The second-order valence-corrected chi connectivity index (χ2v) is 5.97. The molecule has 0 radical (unpaired) electrons. The molecule has 6 heteroatoms. The summed E-state index contributed by atoms with van der Waals surface area (Å²) in [5.41, 5.74) is 0.519. The summed E-state index contributed by atoms with van der Waals surface area (Å²) in [6, 6.07) is 3.00. The highest BCUT2D eigenvalue weighted by Crippen LogP contribution is 2.37. The van der Waals surface area contributed by atoms with Crippen LogP contribution in [0.15, 0.2) is 12.1 Å². The molecule has 1 aromatic carbocycles. The van der Waals surface area contributed by atoms with Gasteiger partial charge in [-0.05, 0) is 18.8 Å². The molecule has 1 N–H and O–H groups in total. The summed E-state index contributed by atoms with van der Waals surface area (Å²) in [6.45, 7) is 2.23. The van der Waals surface area contributed by atoms with Crippen molar-refractivity contribution in [3.63, 3.8) is 0 Å². The van der Waals surface area contributed by atoms with E-state index in [1.807, 2.05) is 0 Å². The molecule has 2 atom stereocenters. The molecule has 1 aliphatic rings. The summed E-state index contributed by atoms with van der Waals surface area (Å²) in [6.07, 6.45) is 4.58. The SMILES string of the molecule is CC1CCCC(Nc2c(Cl)cc([N+](=O)[O-])cc2Cl)C1. The predicted molar refractivity (Wildman–Crippen MR) is 78.2 cm³/mol. The molecule has 0 aromatic heterocycles. The van der Waals surface area contributed by atoms with Gasteiger partial charge in [0.25, 0.3) is 5.69 Å². The second kappa shape index (κ2) is 5.97. The van der Waals surface area contributed by atoms with Crippen LogP contribution in [0.2, 0.25) is 10.0 Å². The molecule has 0 heterocycles. The minimum Gasteiger partial charge on any atom is -0.380 e. The zero-order valence-corrected chi connectivity index (χ0v) is 12.2. The molecule has 1 saturated carbocycles. The average molecular weight is 303 g/mol. The van der Waals surface area contributed by atoms with Crippen LogP contribution >= 0.6 is 23.2 Å². The molecule has 0 saturated heterocycles. The lowest BCUT2D eigenvalue weighted by Gasteiger charge is -2.28. The Bertz CT molecular complexity index is 471. The lowest BCUT2D eigenvalue weighted by atomic mass is 9.87. The third-order valence-electron chi connectivity index (χ3n) is 3.52. The number of hydrogen-bond donors (Lipinski definition) is 1. The molecular weight excluding hydrogens is 287 g/mol. The van der Waals surface area contributed by atoms with Crippen LogP contribution in [0.4, 0.5) is 11.4 Å². The summed E-state index contributed by atoms with van der Waals surface area (Å²) in [5.74, 6) is 0.682. The van der Waals surface area contributed by atoms with Gasteiger partial charge in [-0.2, -0.15) is 0 Å². The van der Waals surface area contributed by atoms with Crippen molar-refractivity contribution >= 4 is 34.6 Å². The van der Waals surface area contributed by atoms with E-state index >= 15 is 0 Å². The van der Waals surface area contributed by atoms with Crippen LogP contribution in [-0.2, 0) is 0 Å². The summed E-state index contributed by atoms with van der Waals surface area (Å²) >= 11 is 12.2. The van der Waals surface area contributed by atoms with Crippen molar-refractivity contribution in [1.82, 2.24) is 0 Å². The van der Waals surface area contributed by atoms with E-state index in [0.717, 1.165) is 12.8 Å². The van der Waals surface area contributed by atoms with Crippen molar-refractivity contribution in [2.24, 2.45) is 5.92 Å². The van der Waals surface area contributed by atoms with E-state index in [9.17, 15) is 10.1 Å². The Hall–Kier alpha value is -1.00. The van der Waals surface area contributed by atoms with Crippen LogP contribution in [0.1, 0.15) is 32.6 Å². The molecule has 2 rings (SSSR count). The highest BCUT2D eigenvalue weighted by Gasteiger charge is 2.21. The van der Waals surface area contributed by atoms with E-state index in [0.29, 0.717) is 27.7 Å². The minimum absolute atomic E-state index is 0.0856. The van der Waals surface area contributed by atoms with E-state index in [1.54, 1.807) is 0 Å². The normalized spacial score (nSPS) is 23.1. The largest absolute Gasteiger partial charge is 0.380 e. The first-order chi connectivity index (χ1) is 8.97. The highest BCUT2D eigenvalue weighted by atomic mass is 35.5. The first-order valence-electron chi connectivity index (χ1n) is 6.37. The maximum absolute atomic E-state index is 10.7. The Labute approximate surface area is 122 Å². The summed E-state index contributed by atoms with van der Waals surface area (Å²) in [4.78, 5) is 10.2. The monoisotopic (exact) mass is 302 g/mol. The summed E-state index contributed by atoms with van der Waals surface area (Å²) in [7, 11) is 0. The van der Waals surface area contributed by atoms with Crippen molar-refractivity contribution in [1.29, 1.82) is 0 Å². The van der Waals surface area contributed by atoms with E-state index in [1.165, 1.54) is 25.0 Å². The Morgan fingerprint density at radius 2 is 1.95 bits per heavy atom. The van der Waals surface area contributed by atoms with Gasteiger partial charge in [0.15, 0.2) is 0 Å². The number of nitrogens with one attached hydrogen (secondary N) is 1. The van der Waals surface area contributed by atoms with Crippen LogP contribution in [0, 0.1) is 16.0 Å². The van der Waals surface area contributed by atoms with Gasteiger partial charge in [-0.1, -0.05) is 43.0 Å². The van der Waals surface area contributed by atoms with Gasteiger partial charge in [-0.3, -0.25) is 10.1 Å². The standard InChI is InChI=1S/C13H16Cl2N2O2/c1-8-3-2-4-9(5-8)16-13-11(14)6-10(17(18)19)7-12(13)15/h6-9,16H,2-5H2,1H3. The molecule has 0 bridgehead atoms. The van der Waals surface area contributed by atoms with Crippen molar-refractivity contribution in [3.8, 4) is 0 Å². The fraction of sp³-hybridized carbons (Fsp3) is 0.538. The van der Waals surface area contributed by atoms with Crippen LogP contribution in [0.5, 0.6) is 0 Å². The molecule has 1 aromatic rings. The third-order valence-corrected chi connectivity index (χ3v) is 4.12. The number of non-ortho nitro benzene ring substituents is 1. The molecule has 1 fully saturated rings. The van der Waals surface area contributed by atoms with Crippen LogP contribution < -0.4 is 5.32 Å². The Balaban J connectivity index is 2.18. The third kappa shape index (κ3) is 3.51. The highest BCUT2D eigenvalue weighted by molar-refractivity contribution is 6.39. The van der Waals surface area contributed by atoms with Crippen LogP contribution in [-0.4, -0.2) is 11.0 Å². The Kier molecular flexibility index (Phi) is 4.53. The number of nitrogens with zero attached hydrogens (tertiary/aromatic N) is 1. The van der Waals surface area contributed by atoms with Gasteiger partial charge in [-0.25, -0.2) is 0 Å². The van der Waals surface area contributed by atoms with Gasteiger partial charge in [0.1, 0.15) is 0 Å². The number of nitro groups is 1. The van der Waals surface area contributed by atoms with Crippen molar-refractivity contribution in [2.75, 3.05) is 5.32 Å². The van der Waals surface area contributed by atoms with Gasteiger partial charge < -0.3 is 5.32 Å². The average Bonchev–Trinajstić information content (AvgIpc) is 2.33. The Morgan fingerprint density at radius 3 is 2.47 bits per heavy atom. The van der Waals surface area contributed by atoms with Gasteiger partial charge in [-0.15, -0.1) is 0 Å². The van der Waals surface area contributed by atoms with Gasteiger partial charge in [0.05, 0.1) is 20.7 Å². The number of anilines is 1. The van der Waals surface area contributed by atoms with E-state index in [2.05, 4.69) is 12.2 Å². The molecular formula is C13H16Cl2N2O2. The summed E-state index contributed by atoms with van der Waals surface area (Å²) < 4.78 is 0. The first-order valence-corrected chi connectivity index (χ1v) is 7.13. The smallest absolute Gasteiger partial charge is 0.272 e. The Morgan fingerprint density at radius 1 is 1.32 bits per heavy atom. The summed E-state index contributed by atoms with van der Waals surface area (Å²) in [5, 5.41) is 14.7. The lowest BCUT2D eigenvalue weighted by molar-refractivity contribution is -0.384. The topological polar surface area (TPSA) is 55.2 Å². The van der Waals surface area contributed by atoms with Crippen molar-refractivity contribution < 1.29 is 4.92 Å². The zero-order chi connectivity index (χ0) is 14.0. The lowest BCUT2D eigenvalue weighted by Crippen LogP contribution is -2.26. The van der Waals surface area contributed by atoms with Crippen LogP contribution in [0.3, 0.4) is 0 Å². The number of benzene rings is 1. The molecule has 0 spiro atoms.